The molecule has 2 aromatic rings. The summed E-state index contributed by atoms with van der Waals surface area (Å²) in [5.74, 6) is 0.809. The molecule has 2 nitrogen and oxygen atoms in total. The van der Waals surface area contributed by atoms with Crippen molar-refractivity contribution in [2.75, 3.05) is 7.11 Å². The molecule has 0 saturated carbocycles. The monoisotopic (exact) mass is 268 g/mol. The predicted molar refractivity (Wildman–Crippen MR) is 81.6 cm³/mol. The zero-order chi connectivity index (χ0) is 14.8. The average Bonchev–Trinajstić information content (AvgIpc) is 2.46. The van der Waals surface area contributed by atoms with Crippen LogP contribution in [-0.2, 0) is 5.41 Å². The van der Waals surface area contributed by atoms with Gasteiger partial charge in [0.15, 0.2) is 5.78 Å². The lowest BCUT2D eigenvalue weighted by atomic mass is 9.82. The molecule has 0 saturated heterocycles. The lowest BCUT2D eigenvalue weighted by Crippen LogP contribution is -2.17. The zero-order valence-corrected chi connectivity index (χ0v) is 12.4. The van der Waals surface area contributed by atoms with Crippen LogP contribution < -0.4 is 4.74 Å². The molecule has 0 aliphatic rings. The molecule has 0 heterocycles. The molecule has 0 unspecified atom stereocenters. The number of hydrogen-bond donors (Lipinski definition) is 0. The highest BCUT2D eigenvalue weighted by atomic mass is 16.5. The van der Waals surface area contributed by atoms with Gasteiger partial charge in [0, 0.05) is 11.1 Å². The highest BCUT2D eigenvalue weighted by molar-refractivity contribution is 6.10. The molecule has 0 aromatic heterocycles. The van der Waals surface area contributed by atoms with E-state index in [1.165, 1.54) is 0 Å². The van der Waals surface area contributed by atoms with Crippen molar-refractivity contribution in [1.29, 1.82) is 0 Å². The first-order valence-corrected chi connectivity index (χ1v) is 6.72. The molecular formula is C18H20O2. The number of ketones is 1. The molecule has 20 heavy (non-hydrogen) atoms. The quantitative estimate of drug-likeness (QED) is 0.779. The van der Waals surface area contributed by atoms with Crippen molar-refractivity contribution in [2.24, 2.45) is 0 Å². The largest absolute Gasteiger partial charge is 0.497 e. The van der Waals surface area contributed by atoms with E-state index in [9.17, 15) is 4.79 Å². The molecular weight excluding hydrogens is 248 g/mol. The molecule has 0 atom stereocenters. The minimum atomic E-state index is -0.0568. The van der Waals surface area contributed by atoms with Gasteiger partial charge in [-0.1, -0.05) is 45.0 Å². The molecule has 0 fully saturated rings. The minimum absolute atomic E-state index is 0.0539. The third-order valence-electron chi connectivity index (χ3n) is 3.33. The van der Waals surface area contributed by atoms with Crippen molar-refractivity contribution in [3.63, 3.8) is 0 Å². The molecule has 0 aliphatic carbocycles. The second-order valence-electron chi connectivity index (χ2n) is 5.85. The normalized spacial score (nSPS) is 11.2. The van der Waals surface area contributed by atoms with Crippen LogP contribution in [0.5, 0.6) is 5.75 Å². The van der Waals surface area contributed by atoms with Crippen molar-refractivity contribution < 1.29 is 9.53 Å². The summed E-state index contributed by atoms with van der Waals surface area (Å²) in [7, 11) is 1.62. The molecule has 104 valence electrons. The standard InChI is InChI=1S/C18H20O2/c1-18(2,3)16-8-6-5-7-15(16)17(19)13-9-11-14(20-4)12-10-13/h5-12H,1-4H3. The van der Waals surface area contributed by atoms with Gasteiger partial charge in [-0.3, -0.25) is 4.79 Å². The zero-order valence-electron chi connectivity index (χ0n) is 12.4. The van der Waals surface area contributed by atoms with Crippen LogP contribution in [0.25, 0.3) is 0 Å². The van der Waals surface area contributed by atoms with Gasteiger partial charge in [-0.15, -0.1) is 0 Å². The van der Waals surface area contributed by atoms with E-state index in [4.69, 9.17) is 4.74 Å². The maximum absolute atomic E-state index is 12.7. The number of hydrogen-bond acceptors (Lipinski definition) is 2. The van der Waals surface area contributed by atoms with Gasteiger partial charge in [0.25, 0.3) is 0 Å². The first-order chi connectivity index (χ1) is 9.43. The smallest absolute Gasteiger partial charge is 0.193 e. The average molecular weight is 268 g/mol. The predicted octanol–water partition coefficient (Wildman–Crippen LogP) is 4.22. The lowest BCUT2D eigenvalue weighted by molar-refractivity contribution is 0.103. The molecule has 0 bridgehead atoms. The number of ether oxygens (including phenoxy) is 1. The van der Waals surface area contributed by atoms with E-state index < -0.39 is 0 Å². The fourth-order valence-electron chi connectivity index (χ4n) is 2.23. The Morgan fingerprint density at radius 1 is 0.950 bits per heavy atom. The van der Waals surface area contributed by atoms with Gasteiger partial charge >= 0.3 is 0 Å². The van der Waals surface area contributed by atoms with Gasteiger partial charge in [-0.2, -0.15) is 0 Å². The van der Waals surface area contributed by atoms with Gasteiger partial charge in [0.2, 0.25) is 0 Å². The fourth-order valence-corrected chi connectivity index (χ4v) is 2.23. The molecule has 0 N–H and O–H groups in total. The van der Waals surface area contributed by atoms with Crippen LogP contribution in [-0.4, -0.2) is 12.9 Å². The number of benzene rings is 2. The van der Waals surface area contributed by atoms with E-state index in [2.05, 4.69) is 20.8 Å². The number of carbonyl (C=O) groups excluding carboxylic acids is 1. The second kappa shape index (κ2) is 5.49. The Hall–Kier alpha value is -2.09. The van der Waals surface area contributed by atoms with Gasteiger partial charge in [0.05, 0.1) is 7.11 Å². The first-order valence-electron chi connectivity index (χ1n) is 6.72. The van der Waals surface area contributed by atoms with Crippen LogP contribution in [0.1, 0.15) is 42.3 Å². The summed E-state index contributed by atoms with van der Waals surface area (Å²) in [6.45, 7) is 6.35. The summed E-state index contributed by atoms with van der Waals surface area (Å²) >= 11 is 0. The van der Waals surface area contributed by atoms with E-state index in [1.807, 2.05) is 36.4 Å². The maximum atomic E-state index is 12.7. The molecule has 2 rings (SSSR count). The first kappa shape index (κ1) is 14.3. The van der Waals surface area contributed by atoms with Crippen LogP contribution in [0.4, 0.5) is 0 Å². The van der Waals surface area contributed by atoms with E-state index in [-0.39, 0.29) is 11.2 Å². The molecule has 2 heteroatoms. The van der Waals surface area contributed by atoms with Gasteiger partial charge in [-0.05, 0) is 35.2 Å². The van der Waals surface area contributed by atoms with Crippen LogP contribution in [0.3, 0.4) is 0 Å². The summed E-state index contributed by atoms with van der Waals surface area (Å²) in [5.41, 5.74) is 2.46. The van der Waals surface area contributed by atoms with E-state index in [1.54, 1.807) is 19.2 Å². The highest BCUT2D eigenvalue weighted by Gasteiger charge is 2.21. The van der Waals surface area contributed by atoms with Gasteiger partial charge in [0.1, 0.15) is 5.75 Å². The highest BCUT2D eigenvalue weighted by Crippen LogP contribution is 2.27. The number of rotatable bonds is 3. The lowest BCUT2D eigenvalue weighted by Gasteiger charge is -2.22. The Kier molecular flexibility index (Phi) is 3.93. The van der Waals surface area contributed by atoms with Crippen LogP contribution in [0.15, 0.2) is 48.5 Å². The minimum Gasteiger partial charge on any atom is -0.497 e. The Balaban J connectivity index is 2.43. The second-order valence-corrected chi connectivity index (χ2v) is 5.85. The van der Waals surface area contributed by atoms with Gasteiger partial charge in [-0.25, -0.2) is 0 Å². The summed E-state index contributed by atoms with van der Waals surface area (Å²) < 4.78 is 5.12. The Labute approximate surface area is 120 Å². The van der Waals surface area contributed by atoms with Crippen LogP contribution in [0, 0.1) is 0 Å². The summed E-state index contributed by atoms with van der Waals surface area (Å²) in [4.78, 5) is 12.7. The van der Waals surface area contributed by atoms with Crippen molar-refractivity contribution in [1.82, 2.24) is 0 Å². The third-order valence-corrected chi connectivity index (χ3v) is 3.33. The summed E-state index contributed by atoms with van der Waals surface area (Å²) in [6.07, 6.45) is 0. The van der Waals surface area contributed by atoms with Crippen molar-refractivity contribution >= 4 is 5.78 Å². The third kappa shape index (κ3) is 2.90. The topological polar surface area (TPSA) is 26.3 Å². The number of methoxy groups -OCH3 is 1. The van der Waals surface area contributed by atoms with E-state index in [0.29, 0.717) is 5.56 Å². The summed E-state index contributed by atoms with van der Waals surface area (Å²) in [5, 5.41) is 0. The molecule has 0 aliphatic heterocycles. The molecule has 2 aromatic carbocycles. The van der Waals surface area contributed by atoms with Crippen molar-refractivity contribution in [3.8, 4) is 5.75 Å². The summed E-state index contributed by atoms with van der Waals surface area (Å²) in [6, 6.07) is 15.0. The van der Waals surface area contributed by atoms with Crippen molar-refractivity contribution in [2.45, 2.75) is 26.2 Å². The van der Waals surface area contributed by atoms with Crippen LogP contribution in [0.2, 0.25) is 0 Å². The Morgan fingerprint density at radius 3 is 2.10 bits per heavy atom. The molecule has 0 amide bonds. The van der Waals surface area contributed by atoms with Gasteiger partial charge < -0.3 is 4.74 Å². The Bertz CT molecular complexity index is 604. The Morgan fingerprint density at radius 2 is 1.55 bits per heavy atom. The fraction of sp³-hybridized carbons (Fsp3) is 0.278. The SMILES string of the molecule is COc1ccc(C(=O)c2ccccc2C(C)(C)C)cc1. The maximum Gasteiger partial charge on any atom is 0.193 e. The van der Waals surface area contributed by atoms with E-state index in [0.717, 1.165) is 16.9 Å². The molecule has 0 spiro atoms. The van der Waals surface area contributed by atoms with E-state index >= 15 is 0 Å². The molecule has 0 radical (unpaired) electrons. The number of carbonyl (C=O) groups is 1. The van der Waals surface area contributed by atoms with Crippen molar-refractivity contribution in [3.05, 3.63) is 65.2 Å². The van der Waals surface area contributed by atoms with Crippen LogP contribution >= 0.6 is 0 Å².